The maximum absolute atomic E-state index is 11.4. The number of nitrogens with zero attached hydrogens (tertiary/aromatic N) is 2. The minimum atomic E-state index is -0.397. The van der Waals surface area contributed by atoms with Crippen molar-refractivity contribution < 1.29 is 0 Å². The molecule has 2 rings (SSSR count). The zero-order valence-electron chi connectivity index (χ0n) is 8.85. The molecule has 1 N–H and O–H groups in total. The largest absolute Gasteiger partial charge is 0.328 e. The summed E-state index contributed by atoms with van der Waals surface area (Å²) in [5, 5.41) is 2.83. The highest BCUT2D eigenvalue weighted by Crippen LogP contribution is 2.12. The second-order valence-corrected chi connectivity index (χ2v) is 4.63. The average molecular weight is 272 g/mol. The normalized spacial score (nSPS) is 10.6. The molecule has 7 heteroatoms. The number of thiazole rings is 1. The van der Waals surface area contributed by atoms with Gasteiger partial charge in [-0.1, -0.05) is 0 Å². The second kappa shape index (κ2) is 5.29. The molecule has 0 aliphatic heterocycles. The van der Waals surface area contributed by atoms with Crippen molar-refractivity contribution >= 4 is 22.9 Å². The number of H-pyrrole nitrogens is 1. The minimum absolute atomic E-state index is 0.384. The monoisotopic (exact) mass is 271 g/mol. The molecule has 0 atom stereocenters. The lowest BCUT2D eigenvalue weighted by Gasteiger charge is -2.01. The van der Waals surface area contributed by atoms with Crippen molar-refractivity contribution in [3.63, 3.8) is 0 Å². The van der Waals surface area contributed by atoms with Gasteiger partial charge in [0.05, 0.1) is 16.6 Å². The van der Waals surface area contributed by atoms with Crippen LogP contribution in [0.2, 0.25) is 0 Å². The van der Waals surface area contributed by atoms with E-state index in [1.165, 1.54) is 28.2 Å². The Labute approximate surface area is 106 Å². The van der Waals surface area contributed by atoms with Gasteiger partial charge in [-0.15, -0.1) is 22.9 Å². The van der Waals surface area contributed by atoms with Crippen molar-refractivity contribution in [2.45, 2.75) is 18.8 Å². The fourth-order valence-electron chi connectivity index (χ4n) is 1.36. The SMILES string of the molecule is O=c1ccn(CCc2nc(CCl)cs2)c(=O)[nH]1. The molecular weight excluding hydrogens is 262 g/mol. The fourth-order valence-corrected chi connectivity index (χ4v) is 2.38. The van der Waals surface area contributed by atoms with Crippen LogP contribution in [-0.4, -0.2) is 14.5 Å². The molecule has 2 heterocycles. The van der Waals surface area contributed by atoms with Crippen LogP contribution in [0.4, 0.5) is 0 Å². The molecule has 0 saturated heterocycles. The predicted octanol–water partition coefficient (Wildman–Crippen LogP) is 0.975. The zero-order valence-corrected chi connectivity index (χ0v) is 10.4. The summed E-state index contributed by atoms with van der Waals surface area (Å²) in [5.74, 6) is 0.398. The molecule has 0 amide bonds. The third-order valence-corrected chi connectivity index (χ3v) is 3.43. The summed E-state index contributed by atoms with van der Waals surface area (Å²) < 4.78 is 1.45. The Balaban J connectivity index is 2.07. The van der Waals surface area contributed by atoms with Gasteiger partial charge in [-0.3, -0.25) is 9.78 Å². The number of nitrogens with one attached hydrogen (secondary N) is 1. The Morgan fingerprint density at radius 2 is 2.29 bits per heavy atom. The predicted molar refractivity (Wildman–Crippen MR) is 66.7 cm³/mol. The molecule has 0 bridgehead atoms. The number of aromatic amines is 1. The lowest BCUT2D eigenvalue weighted by molar-refractivity contribution is 0.643. The maximum atomic E-state index is 11.4. The molecule has 0 aromatic carbocycles. The molecular formula is C10H10ClN3O2S. The summed E-state index contributed by atoms with van der Waals surface area (Å²) in [7, 11) is 0. The molecule has 2 aromatic heterocycles. The molecule has 5 nitrogen and oxygen atoms in total. The van der Waals surface area contributed by atoms with Crippen molar-refractivity contribution in [1.82, 2.24) is 14.5 Å². The first-order chi connectivity index (χ1) is 8.19. The summed E-state index contributed by atoms with van der Waals surface area (Å²) in [4.78, 5) is 28.8. The smallest absolute Gasteiger partial charge is 0.300 e. The van der Waals surface area contributed by atoms with Gasteiger partial charge in [0.2, 0.25) is 0 Å². The molecule has 0 radical (unpaired) electrons. The van der Waals surface area contributed by atoms with E-state index in [2.05, 4.69) is 9.97 Å². The van der Waals surface area contributed by atoms with Crippen LogP contribution in [0.15, 0.2) is 27.2 Å². The zero-order chi connectivity index (χ0) is 12.3. The van der Waals surface area contributed by atoms with E-state index in [4.69, 9.17) is 11.6 Å². The van der Waals surface area contributed by atoms with Gasteiger partial charge in [-0.2, -0.15) is 0 Å². The Morgan fingerprint density at radius 1 is 1.47 bits per heavy atom. The van der Waals surface area contributed by atoms with Gasteiger partial charge in [0.25, 0.3) is 5.56 Å². The Bertz CT molecular complexity index is 616. The van der Waals surface area contributed by atoms with Gasteiger partial charge in [0.1, 0.15) is 0 Å². The van der Waals surface area contributed by atoms with Gasteiger partial charge in [0.15, 0.2) is 0 Å². The van der Waals surface area contributed by atoms with Crippen LogP contribution >= 0.6 is 22.9 Å². The van der Waals surface area contributed by atoms with E-state index in [1.54, 1.807) is 0 Å². The lowest BCUT2D eigenvalue weighted by atomic mass is 10.4. The lowest BCUT2D eigenvalue weighted by Crippen LogP contribution is -2.29. The van der Waals surface area contributed by atoms with Crippen LogP contribution in [0.25, 0.3) is 0 Å². The van der Waals surface area contributed by atoms with Crippen molar-refractivity contribution in [2.75, 3.05) is 0 Å². The van der Waals surface area contributed by atoms with Crippen LogP contribution in [0.3, 0.4) is 0 Å². The standard InChI is InChI=1S/C10H10ClN3O2S/c11-5-7-6-17-9(12-7)2-4-14-3-1-8(15)13-10(14)16/h1,3,6H,2,4-5H2,(H,13,15,16). The Kier molecular flexibility index (Phi) is 3.75. The van der Waals surface area contributed by atoms with E-state index in [0.29, 0.717) is 18.8 Å². The van der Waals surface area contributed by atoms with Gasteiger partial charge in [0, 0.05) is 30.6 Å². The topological polar surface area (TPSA) is 67.8 Å². The van der Waals surface area contributed by atoms with Crippen molar-refractivity contribution in [2.24, 2.45) is 0 Å². The maximum Gasteiger partial charge on any atom is 0.328 e. The second-order valence-electron chi connectivity index (χ2n) is 3.42. The molecule has 0 saturated carbocycles. The first-order valence-corrected chi connectivity index (χ1v) is 6.39. The highest BCUT2D eigenvalue weighted by molar-refractivity contribution is 7.09. The van der Waals surface area contributed by atoms with E-state index in [0.717, 1.165) is 10.7 Å². The van der Waals surface area contributed by atoms with Gasteiger partial charge in [-0.05, 0) is 0 Å². The van der Waals surface area contributed by atoms with Crippen LogP contribution in [0.5, 0.6) is 0 Å². The minimum Gasteiger partial charge on any atom is -0.300 e. The molecule has 90 valence electrons. The first-order valence-electron chi connectivity index (χ1n) is 4.98. The highest BCUT2D eigenvalue weighted by atomic mass is 35.5. The van der Waals surface area contributed by atoms with Crippen molar-refractivity contribution in [3.8, 4) is 0 Å². The molecule has 0 aliphatic rings. The van der Waals surface area contributed by atoms with Gasteiger partial charge < -0.3 is 4.57 Å². The molecule has 2 aromatic rings. The number of hydrogen-bond acceptors (Lipinski definition) is 4. The van der Waals surface area contributed by atoms with E-state index >= 15 is 0 Å². The van der Waals surface area contributed by atoms with Crippen LogP contribution < -0.4 is 11.2 Å². The van der Waals surface area contributed by atoms with E-state index in [1.807, 2.05) is 5.38 Å². The number of hydrogen-bond donors (Lipinski definition) is 1. The third kappa shape index (κ3) is 3.04. The van der Waals surface area contributed by atoms with Crippen LogP contribution in [0.1, 0.15) is 10.7 Å². The summed E-state index contributed by atoms with van der Waals surface area (Å²) in [6.45, 7) is 0.491. The summed E-state index contributed by atoms with van der Waals surface area (Å²) >= 11 is 7.17. The number of halogens is 1. The molecule has 0 fully saturated rings. The molecule has 17 heavy (non-hydrogen) atoms. The summed E-state index contributed by atoms with van der Waals surface area (Å²) in [6.07, 6.45) is 2.13. The number of rotatable bonds is 4. The molecule has 0 unspecified atom stereocenters. The van der Waals surface area contributed by atoms with Crippen molar-refractivity contribution in [3.05, 3.63) is 49.2 Å². The van der Waals surface area contributed by atoms with Gasteiger partial charge in [-0.25, -0.2) is 9.78 Å². The number of alkyl halides is 1. The first kappa shape index (κ1) is 12.1. The fraction of sp³-hybridized carbons (Fsp3) is 0.300. The average Bonchev–Trinajstić information content (AvgIpc) is 2.76. The number of aryl methyl sites for hydroxylation is 2. The quantitative estimate of drug-likeness (QED) is 0.843. The van der Waals surface area contributed by atoms with Crippen molar-refractivity contribution in [1.29, 1.82) is 0 Å². The molecule has 0 spiro atoms. The van der Waals surface area contributed by atoms with Crippen LogP contribution in [0, 0.1) is 0 Å². The van der Waals surface area contributed by atoms with Gasteiger partial charge >= 0.3 is 5.69 Å². The third-order valence-electron chi connectivity index (χ3n) is 2.20. The van der Waals surface area contributed by atoms with E-state index < -0.39 is 5.69 Å². The van der Waals surface area contributed by atoms with Crippen LogP contribution in [-0.2, 0) is 18.8 Å². The Hall–Kier alpha value is -1.40. The summed E-state index contributed by atoms with van der Waals surface area (Å²) in [6, 6.07) is 1.33. The summed E-state index contributed by atoms with van der Waals surface area (Å²) in [5.41, 5.74) is 0.0667. The molecule has 0 aliphatic carbocycles. The van der Waals surface area contributed by atoms with E-state index in [-0.39, 0.29) is 5.56 Å². The van der Waals surface area contributed by atoms with E-state index in [9.17, 15) is 9.59 Å². The highest BCUT2D eigenvalue weighted by Gasteiger charge is 2.02. The Morgan fingerprint density at radius 3 is 2.94 bits per heavy atom. The number of aromatic nitrogens is 3.